The zero-order chi connectivity index (χ0) is 22.1. The second kappa shape index (κ2) is 8.53. The molecule has 0 spiro atoms. The van der Waals surface area contributed by atoms with Crippen LogP contribution >= 0.6 is 0 Å². The van der Waals surface area contributed by atoms with E-state index in [1.165, 1.54) is 0 Å². The number of rotatable bonds is 5. The number of carbonyl (C=O) groups is 2. The van der Waals surface area contributed by atoms with Crippen LogP contribution in [0.2, 0.25) is 0 Å². The van der Waals surface area contributed by atoms with E-state index in [4.69, 9.17) is 10.5 Å². The molecule has 0 bridgehead atoms. The highest BCUT2D eigenvalue weighted by Crippen LogP contribution is 2.35. The Morgan fingerprint density at radius 3 is 2.30 bits per heavy atom. The lowest BCUT2D eigenvalue weighted by Gasteiger charge is -2.40. The van der Waals surface area contributed by atoms with Crippen LogP contribution in [0.25, 0.3) is 0 Å². The minimum Gasteiger partial charge on any atom is -0.478 e. The second-order valence-corrected chi connectivity index (χ2v) is 8.99. The van der Waals surface area contributed by atoms with E-state index in [1.807, 2.05) is 25.7 Å². The van der Waals surface area contributed by atoms with E-state index >= 15 is 0 Å². The highest BCUT2D eigenvalue weighted by atomic mass is 16.6. The molecular weight excluding hydrogens is 384 g/mol. The van der Waals surface area contributed by atoms with E-state index in [-0.39, 0.29) is 29.4 Å². The first kappa shape index (κ1) is 21.9. The molecule has 8 nitrogen and oxygen atoms in total. The highest BCUT2D eigenvalue weighted by molar-refractivity contribution is 6.03. The lowest BCUT2D eigenvalue weighted by molar-refractivity contribution is 0.0113. The quantitative estimate of drug-likeness (QED) is 0.563. The summed E-state index contributed by atoms with van der Waals surface area (Å²) in [5, 5.41) is 9.36. The first-order valence-electron chi connectivity index (χ1n) is 10.5. The molecule has 3 N–H and O–H groups in total. The van der Waals surface area contributed by atoms with Crippen molar-refractivity contribution in [2.24, 2.45) is 4.99 Å². The van der Waals surface area contributed by atoms with Gasteiger partial charge in [0, 0.05) is 49.7 Å². The van der Waals surface area contributed by atoms with E-state index in [1.54, 1.807) is 25.4 Å². The smallest absolute Gasteiger partial charge is 0.410 e. The SMILES string of the molecule is CN=Cc1c(N2CCC(N(C(=O)OC(C)(C)C)C3CC3)CC2)ccc(C(=O)O)c1N. The van der Waals surface area contributed by atoms with Crippen LogP contribution in [0.4, 0.5) is 16.2 Å². The summed E-state index contributed by atoms with van der Waals surface area (Å²) in [6.07, 6.45) is 5.09. The Morgan fingerprint density at radius 1 is 1.20 bits per heavy atom. The molecule has 30 heavy (non-hydrogen) atoms. The van der Waals surface area contributed by atoms with E-state index in [0.29, 0.717) is 5.56 Å². The third-order valence-corrected chi connectivity index (χ3v) is 5.50. The number of nitrogens with zero attached hydrogens (tertiary/aromatic N) is 3. The normalized spacial score (nSPS) is 17.9. The zero-order valence-electron chi connectivity index (χ0n) is 18.2. The van der Waals surface area contributed by atoms with Gasteiger partial charge in [-0.25, -0.2) is 9.59 Å². The summed E-state index contributed by atoms with van der Waals surface area (Å²) in [4.78, 5) is 32.4. The third kappa shape index (κ3) is 4.86. The fourth-order valence-corrected chi connectivity index (χ4v) is 4.00. The molecule has 1 amide bonds. The number of anilines is 2. The van der Waals surface area contributed by atoms with E-state index < -0.39 is 11.6 Å². The second-order valence-electron chi connectivity index (χ2n) is 8.99. The van der Waals surface area contributed by atoms with Gasteiger partial charge in [0.1, 0.15) is 5.60 Å². The van der Waals surface area contributed by atoms with Crippen molar-refractivity contribution < 1.29 is 19.4 Å². The minimum absolute atomic E-state index is 0.0772. The summed E-state index contributed by atoms with van der Waals surface area (Å²) in [7, 11) is 1.64. The summed E-state index contributed by atoms with van der Waals surface area (Å²) in [5.41, 5.74) is 7.42. The molecule has 0 radical (unpaired) electrons. The zero-order valence-corrected chi connectivity index (χ0v) is 18.2. The molecule has 1 aromatic rings. The number of nitrogens with two attached hydrogens (primary N) is 1. The summed E-state index contributed by atoms with van der Waals surface area (Å²) in [6, 6.07) is 3.76. The number of benzene rings is 1. The standard InChI is InChI=1S/C22H32N4O4/c1-22(2,3)30-21(29)26(14-5-6-14)15-9-11-25(12-10-15)18-8-7-16(20(27)28)19(23)17(18)13-24-4/h7-8,13-15H,5-6,9-12,23H2,1-4H3,(H,27,28). The number of hydrogen-bond donors (Lipinski definition) is 2. The van der Waals surface area contributed by atoms with Gasteiger partial charge in [0.25, 0.3) is 0 Å². The topological polar surface area (TPSA) is 108 Å². The molecule has 164 valence electrons. The third-order valence-electron chi connectivity index (χ3n) is 5.50. The molecule has 1 saturated heterocycles. The van der Waals surface area contributed by atoms with Gasteiger partial charge in [-0.2, -0.15) is 0 Å². The number of amides is 1. The number of carboxylic acids is 1. The van der Waals surface area contributed by atoms with Gasteiger partial charge in [0.05, 0.1) is 11.3 Å². The summed E-state index contributed by atoms with van der Waals surface area (Å²) >= 11 is 0. The molecule has 1 aromatic carbocycles. The molecule has 8 heteroatoms. The van der Waals surface area contributed by atoms with Crippen molar-refractivity contribution in [3.63, 3.8) is 0 Å². The lowest BCUT2D eigenvalue weighted by atomic mass is 9.99. The molecule has 1 saturated carbocycles. The molecule has 3 rings (SSSR count). The van der Waals surface area contributed by atoms with Crippen molar-refractivity contribution in [1.82, 2.24) is 4.90 Å². The van der Waals surface area contributed by atoms with Crippen LogP contribution in [0.1, 0.15) is 62.4 Å². The predicted octanol–water partition coefficient (Wildman–Crippen LogP) is 3.38. The van der Waals surface area contributed by atoms with Gasteiger partial charge in [-0.1, -0.05) is 0 Å². The largest absolute Gasteiger partial charge is 0.478 e. The molecule has 1 heterocycles. The average molecular weight is 417 g/mol. The van der Waals surface area contributed by atoms with Crippen LogP contribution in [-0.4, -0.2) is 66.1 Å². The highest BCUT2D eigenvalue weighted by Gasteiger charge is 2.40. The van der Waals surface area contributed by atoms with E-state index in [2.05, 4.69) is 9.89 Å². The molecule has 1 aliphatic heterocycles. The number of piperidine rings is 1. The van der Waals surface area contributed by atoms with Crippen LogP contribution in [0.3, 0.4) is 0 Å². The number of hydrogen-bond acceptors (Lipinski definition) is 6. The predicted molar refractivity (Wildman–Crippen MR) is 118 cm³/mol. The van der Waals surface area contributed by atoms with Gasteiger partial charge < -0.3 is 25.4 Å². The van der Waals surface area contributed by atoms with Crippen molar-refractivity contribution in [2.45, 2.75) is 64.1 Å². The van der Waals surface area contributed by atoms with Crippen molar-refractivity contribution in [1.29, 1.82) is 0 Å². The number of ether oxygens (including phenoxy) is 1. The Hall–Kier alpha value is -2.77. The first-order chi connectivity index (χ1) is 14.1. The Kier molecular flexibility index (Phi) is 6.24. The van der Waals surface area contributed by atoms with Crippen LogP contribution in [0, 0.1) is 0 Å². The van der Waals surface area contributed by atoms with Crippen LogP contribution in [-0.2, 0) is 4.74 Å². The van der Waals surface area contributed by atoms with Gasteiger partial charge in [-0.05, 0) is 58.6 Å². The number of carbonyl (C=O) groups excluding carboxylic acids is 1. The molecular formula is C22H32N4O4. The van der Waals surface area contributed by atoms with Gasteiger partial charge in [0.15, 0.2) is 0 Å². The van der Waals surface area contributed by atoms with Crippen molar-refractivity contribution in [2.75, 3.05) is 30.8 Å². The van der Waals surface area contributed by atoms with E-state index in [0.717, 1.165) is 44.5 Å². The number of nitrogen functional groups attached to an aromatic ring is 1. The molecule has 0 aromatic heterocycles. The Labute approximate surface area is 177 Å². The number of aliphatic imine (C=N–C) groups is 1. The lowest BCUT2D eigenvalue weighted by Crippen LogP contribution is -2.50. The average Bonchev–Trinajstić information content (AvgIpc) is 3.47. The van der Waals surface area contributed by atoms with Gasteiger partial charge >= 0.3 is 12.1 Å². The van der Waals surface area contributed by atoms with Crippen LogP contribution in [0.15, 0.2) is 17.1 Å². The van der Waals surface area contributed by atoms with E-state index in [9.17, 15) is 14.7 Å². The Morgan fingerprint density at radius 2 is 1.80 bits per heavy atom. The maximum Gasteiger partial charge on any atom is 0.410 e. The fraction of sp³-hybridized carbons (Fsp3) is 0.591. The maximum atomic E-state index is 12.8. The summed E-state index contributed by atoms with van der Waals surface area (Å²) in [5.74, 6) is -1.05. The summed E-state index contributed by atoms with van der Waals surface area (Å²) < 4.78 is 5.65. The molecule has 1 aliphatic carbocycles. The fourth-order valence-electron chi connectivity index (χ4n) is 4.00. The van der Waals surface area contributed by atoms with Crippen molar-refractivity contribution in [3.05, 3.63) is 23.3 Å². The number of carboxylic acid groups (broad SMARTS) is 1. The molecule has 2 fully saturated rings. The van der Waals surface area contributed by atoms with Gasteiger partial charge in [0.2, 0.25) is 0 Å². The molecule has 0 unspecified atom stereocenters. The number of aromatic carboxylic acids is 1. The van der Waals surface area contributed by atoms with Crippen LogP contribution in [0.5, 0.6) is 0 Å². The van der Waals surface area contributed by atoms with Crippen LogP contribution < -0.4 is 10.6 Å². The maximum absolute atomic E-state index is 12.8. The van der Waals surface area contributed by atoms with Gasteiger partial charge in [-0.15, -0.1) is 0 Å². The minimum atomic E-state index is -1.05. The van der Waals surface area contributed by atoms with Gasteiger partial charge in [-0.3, -0.25) is 4.99 Å². The Bertz CT molecular complexity index is 834. The molecule has 0 atom stereocenters. The molecule has 2 aliphatic rings. The monoisotopic (exact) mass is 416 g/mol. The summed E-state index contributed by atoms with van der Waals surface area (Å²) in [6.45, 7) is 7.15. The van der Waals surface area contributed by atoms with Crippen molar-refractivity contribution >= 4 is 29.7 Å². The Balaban J connectivity index is 1.76. The van der Waals surface area contributed by atoms with Crippen molar-refractivity contribution in [3.8, 4) is 0 Å². The first-order valence-corrected chi connectivity index (χ1v) is 10.5.